The molecule has 0 unspecified atom stereocenters. The molecule has 0 aliphatic heterocycles. The van der Waals surface area contributed by atoms with Gasteiger partial charge >= 0.3 is 0 Å². The SMILES string of the molecule is Cc1ccc2sc(N(CCCN(C)C)C(=O)C=Cc3ccc([N+](=O)[O-])cc3)nc2c1C.Cl. The Hall–Kier alpha value is -2.81. The van der Waals surface area contributed by atoms with Crippen LogP contribution in [0, 0.1) is 24.0 Å². The van der Waals surface area contributed by atoms with E-state index in [2.05, 4.69) is 17.9 Å². The normalized spacial score (nSPS) is 11.2. The molecule has 1 amide bonds. The van der Waals surface area contributed by atoms with E-state index in [9.17, 15) is 14.9 Å². The number of hydrogen-bond donors (Lipinski definition) is 0. The number of nitro groups is 1. The zero-order chi connectivity index (χ0) is 22.5. The van der Waals surface area contributed by atoms with Gasteiger partial charge < -0.3 is 4.90 Å². The highest BCUT2D eigenvalue weighted by atomic mass is 35.5. The van der Waals surface area contributed by atoms with E-state index in [0.717, 1.165) is 34.3 Å². The fourth-order valence-corrected chi connectivity index (χ4v) is 4.20. The van der Waals surface area contributed by atoms with Crippen molar-refractivity contribution in [2.45, 2.75) is 20.3 Å². The van der Waals surface area contributed by atoms with Gasteiger partial charge in [0.25, 0.3) is 11.6 Å². The predicted molar refractivity (Wildman–Crippen MR) is 134 cm³/mol. The Morgan fingerprint density at radius 3 is 2.44 bits per heavy atom. The van der Waals surface area contributed by atoms with E-state index in [4.69, 9.17) is 4.98 Å². The first kappa shape index (κ1) is 25.5. The number of rotatable bonds is 8. The van der Waals surface area contributed by atoms with Crippen LogP contribution >= 0.6 is 23.7 Å². The van der Waals surface area contributed by atoms with Crippen LogP contribution in [0.2, 0.25) is 0 Å². The van der Waals surface area contributed by atoms with Crippen LogP contribution in [0.3, 0.4) is 0 Å². The summed E-state index contributed by atoms with van der Waals surface area (Å²) in [6.45, 7) is 5.52. The van der Waals surface area contributed by atoms with Crippen molar-refractivity contribution in [3.63, 3.8) is 0 Å². The molecule has 32 heavy (non-hydrogen) atoms. The lowest BCUT2D eigenvalue weighted by Crippen LogP contribution is -2.32. The van der Waals surface area contributed by atoms with E-state index in [1.807, 2.05) is 27.1 Å². The first-order valence-corrected chi connectivity index (χ1v) is 10.8. The average molecular weight is 475 g/mol. The predicted octanol–water partition coefficient (Wildman–Crippen LogP) is 5.24. The minimum absolute atomic E-state index is 0. The van der Waals surface area contributed by atoms with Crippen molar-refractivity contribution >= 4 is 56.8 Å². The summed E-state index contributed by atoms with van der Waals surface area (Å²) in [5, 5.41) is 11.5. The van der Waals surface area contributed by atoms with Gasteiger partial charge in [-0.2, -0.15) is 0 Å². The minimum Gasteiger partial charge on any atom is -0.309 e. The smallest absolute Gasteiger partial charge is 0.269 e. The summed E-state index contributed by atoms with van der Waals surface area (Å²) in [6, 6.07) is 10.2. The number of aryl methyl sites for hydroxylation is 2. The van der Waals surface area contributed by atoms with Gasteiger partial charge in [-0.25, -0.2) is 4.98 Å². The number of amides is 1. The van der Waals surface area contributed by atoms with Crippen molar-refractivity contribution in [2.24, 2.45) is 0 Å². The van der Waals surface area contributed by atoms with Crippen molar-refractivity contribution in [2.75, 3.05) is 32.1 Å². The fraction of sp³-hybridized carbons (Fsp3) is 0.304. The van der Waals surface area contributed by atoms with Crippen molar-refractivity contribution in [1.82, 2.24) is 9.88 Å². The molecule has 9 heteroatoms. The van der Waals surface area contributed by atoms with Gasteiger partial charge in [0.15, 0.2) is 5.13 Å². The molecule has 0 aliphatic carbocycles. The number of nitro benzene ring substituents is 1. The molecule has 0 fully saturated rings. The summed E-state index contributed by atoms with van der Waals surface area (Å²) < 4.78 is 1.06. The molecule has 0 spiro atoms. The molecule has 3 aromatic rings. The van der Waals surface area contributed by atoms with E-state index in [0.29, 0.717) is 11.7 Å². The molecule has 0 saturated heterocycles. The number of anilines is 1. The topological polar surface area (TPSA) is 79.6 Å². The van der Waals surface area contributed by atoms with Crippen LogP contribution in [0.25, 0.3) is 16.3 Å². The summed E-state index contributed by atoms with van der Waals surface area (Å²) in [6.07, 6.45) is 3.99. The van der Waals surface area contributed by atoms with Gasteiger partial charge in [-0.15, -0.1) is 12.4 Å². The molecule has 7 nitrogen and oxygen atoms in total. The molecule has 170 valence electrons. The Morgan fingerprint density at radius 2 is 1.81 bits per heavy atom. The first-order chi connectivity index (χ1) is 14.8. The summed E-state index contributed by atoms with van der Waals surface area (Å²) in [7, 11) is 4.01. The molecular weight excluding hydrogens is 448 g/mol. The van der Waals surface area contributed by atoms with Crippen LogP contribution in [-0.2, 0) is 4.79 Å². The van der Waals surface area contributed by atoms with E-state index in [-0.39, 0.29) is 24.0 Å². The number of thiazole rings is 1. The quantitative estimate of drug-likeness (QED) is 0.253. The first-order valence-electron chi connectivity index (χ1n) is 10.0. The molecule has 0 radical (unpaired) electrons. The molecule has 1 heterocycles. The second-order valence-electron chi connectivity index (χ2n) is 7.68. The summed E-state index contributed by atoms with van der Waals surface area (Å²) in [4.78, 5) is 32.0. The van der Waals surface area contributed by atoms with Gasteiger partial charge in [-0.1, -0.05) is 17.4 Å². The van der Waals surface area contributed by atoms with Crippen molar-refractivity contribution in [3.8, 4) is 0 Å². The molecule has 1 aromatic heterocycles. The number of benzene rings is 2. The third kappa shape index (κ3) is 6.12. The van der Waals surface area contributed by atoms with Gasteiger partial charge in [0.2, 0.25) is 0 Å². The number of nitrogens with zero attached hydrogens (tertiary/aromatic N) is 4. The molecule has 0 atom stereocenters. The number of non-ortho nitro benzene ring substituents is 1. The summed E-state index contributed by atoms with van der Waals surface area (Å²) in [5.41, 5.74) is 3.98. The van der Waals surface area contributed by atoms with Crippen LogP contribution in [0.1, 0.15) is 23.1 Å². The lowest BCUT2D eigenvalue weighted by molar-refractivity contribution is -0.384. The zero-order valence-corrected chi connectivity index (χ0v) is 20.2. The maximum atomic E-state index is 13.1. The van der Waals surface area contributed by atoms with E-state index in [1.165, 1.54) is 35.1 Å². The molecule has 2 aromatic carbocycles. The summed E-state index contributed by atoms with van der Waals surface area (Å²) in [5.74, 6) is -0.162. The van der Waals surface area contributed by atoms with Crippen molar-refractivity contribution in [3.05, 3.63) is 69.3 Å². The lowest BCUT2D eigenvalue weighted by Gasteiger charge is -2.19. The largest absolute Gasteiger partial charge is 0.309 e. The summed E-state index contributed by atoms with van der Waals surface area (Å²) >= 11 is 1.51. The third-order valence-corrected chi connectivity index (χ3v) is 6.12. The van der Waals surface area contributed by atoms with Gasteiger partial charge in [-0.3, -0.25) is 19.8 Å². The Morgan fingerprint density at radius 1 is 1.12 bits per heavy atom. The van der Waals surface area contributed by atoms with Crippen LogP contribution in [0.5, 0.6) is 0 Å². The zero-order valence-electron chi connectivity index (χ0n) is 18.6. The third-order valence-electron chi connectivity index (χ3n) is 5.08. The fourth-order valence-electron chi connectivity index (χ4n) is 3.14. The van der Waals surface area contributed by atoms with Crippen molar-refractivity contribution < 1.29 is 9.72 Å². The standard InChI is InChI=1S/C23H26N4O3S.ClH/c1-16-6-12-20-22(17(16)2)24-23(31-20)26(15-5-14-25(3)4)21(28)13-9-18-7-10-19(11-8-18)27(29)30;/h6-13H,5,14-15H2,1-4H3;1H. The van der Waals surface area contributed by atoms with Gasteiger partial charge in [0, 0.05) is 24.8 Å². The molecule has 0 bridgehead atoms. The average Bonchev–Trinajstić information content (AvgIpc) is 3.17. The Bertz CT molecular complexity index is 1130. The molecule has 0 aliphatic rings. The maximum absolute atomic E-state index is 13.1. The van der Waals surface area contributed by atoms with E-state index >= 15 is 0 Å². The van der Waals surface area contributed by atoms with Crippen LogP contribution in [-0.4, -0.2) is 47.9 Å². The van der Waals surface area contributed by atoms with Crippen LogP contribution < -0.4 is 4.90 Å². The number of fused-ring (bicyclic) bond motifs is 1. The Labute approximate surface area is 197 Å². The van der Waals surface area contributed by atoms with Gasteiger partial charge in [-0.05, 0) is 81.9 Å². The highest BCUT2D eigenvalue weighted by molar-refractivity contribution is 7.22. The number of carbonyl (C=O) groups is 1. The van der Waals surface area contributed by atoms with E-state index < -0.39 is 4.92 Å². The van der Waals surface area contributed by atoms with Crippen molar-refractivity contribution in [1.29, 1.82) is 0 Å². The van der Waals surface area contributed by atoms with Crippen LogP contribution in [0.4, 0.5) is 10.8 Å². The highest BCUT2D eigenvalue weighted by Gasteiger charge is 2.19. The monoisotopic (exact) mass is 474 g/mol. The lowest BCUT2D eigenvalue weighted by atomic mass is 10.1. The number of halogens is 1. The maximum Gasteiger partial charge on any atom is 0.269 e. The number of aromatic nitrogens is 1. The van der Waals surface area contributed by atoms with Crippen LogP contribution in [0.15, 0.2) is 42.5 Å². The highest BCUT2D eigenvalue weighted by Crippen LogP contribution is 2.32. The molecule has 0 N–H and O–H groups in total. The van der Waals surface area contributed by atoms with Gasteiger partial charge in [0.05, 0.1) is 15.1 Å². The molecule has 3 rings (SSSR count). The minimum atomic E-state index is -0.442. The second kappa shape index (κ2) is 11.2. The Balaban J connectivity index is 0.00000363. The molecule has 0 saturated carbocycles. The second-order valence-corrected chi connectivity index (χ2v) is 8.69. The molecular formula is C23H27ClN4O3S. The number of hydrogen-bond acceptors (Lipinski definition) is 6. The van der Waals surface area contributed by atoms with E-state index in [1.54, 1.807) is 23.1 Å². The number of carbonyl (C=O) groups excluding carboxylic acids is 1. The van der Waals surface area contributed by atoms with Gasteiger partial charge in [0.1, 0.15) is 0 Å². The Kier molecular flexibility index (Phi) is 8.89.